The summed E-state index contributed by atoms with van der Waals surface area (Å²) >= 11 is 0. The summed E-state index contributed by atoms with van der Waals surface area (Å²) in [6, 6.07) is 6.92. The summed E-state index contributed by atoms with van der Waals surface area (Å²) in [5.74, 6) is 0.652. The smallest absolute Gasteiger partial charge is 0.246 e. The molecule has 0 aliphatic rings. The lowest BCUT2D eigenvalue weighted by Gasteiger charge is -2.15. The van der Waals surface area contributed by atoms with Crippen LogP contribution in [0.4, 0.5) is 5.69 Å². The van der Waals surface area contributed by atoms with Crippen molar-refractivity contribution < 1.29 is 9.53 Å². The van der Waals surface area contributed by atoms with E-state index in [-0.39, 0.29) is 5.91 Å². The molecule has 2 rings (SSSR count). The first-order chi connectivity index (χ1) is 11.5. The zero-order chi connectivity index (χ0) is 17.5. The van der Waals surface area contributed by atoms with E-state index < -0.39 is 6.04 Å². The highest BCUT2D eigenvalue weighted by molar-refractivity contribution is 5.95. The van der Waals surface area contributed by atoms with Gasteiger partial charge in [-0.1, -0.05) is 0 Å². The van der Waals surface area contributed by atoms with Crippen molar-refractivity contribution in [2.75, 3.05) is 39.6 Å². The van der Waals surface area contributed by atoms with Gasteiger partial charge in [0.25, 0.3) is 0 Å². The van der Waals surface area contributed by atoms with E-state index in [1.54, 1.807) is 17.9 Å². The van der Waals surface area contributed by atoms with Crippen molar-refractivity contribution in [2.24, 2.45) is 7.05 Å². The molecule has 0 bridgehead atoms. The summed E-state index contributed by atoms with van der Waals surface area (Å²) in [4.78, 5) is 14.5. The standard InChI is InChI=1S/C17H25N5O2/c1-18-16(13-11-19-22(4)12-13)17(23)20-14-5-7-15(8-6-14)24-10-9-21(2)3/h5-8,11-12,16,18H,9-10H2,1-4H3,(H,20,23). The van der Waals surface area contributed by atoms with Crippen molar-refractivity contribution in [3.63, 3.8) is 0 Å². The molecule has 0 radical (unpaired) electrons. The number of nitrogens with one attached hydrogen (secondary N) is 2. The maximum absolute atomic E-state index is 12.4. The number of carbonyl (C=O) groups is 1. The minimum atomic E-state index is -0.449. The van der Waals surface area contributed by atoms with Gasteiger partial charge in [0.2, 0.25) is 5.91 Å². The van der Waals surface area contributed by atoms with Crippen molar-refractivity contribution in [1.82, 2.24) is 20.0 Å². The summed E-state index contributed by atoms with van der Waals surface area (Å²) in [6.07, 6.45) is 3.50. The van der Waals surface area contributed by atoms with Gasteiger partial charge in [-0.15, -0.1) is 0 Å². The molecule has 0 saturated heterocycles. The summed E-state index contributed by atoms with van der Waals surface area (Å²) in [5, 5.41) is 10.0. The number of anilines is 1. The third kappa shape index (κ3) is 5.07. The minimum absolute atomic E-state index is 0.133. The van der Waals surface area contributed by atoms with Crippen LogP contribution >= 0.6 is 0 Å². The van der Waals surface area contributed by atoms with Crippen LogP contribution in [0.3, 0.4) is 0 Å². The normalized spacial score (nSPS) is 12.2. The van der Waals surface area contributed by atoms with Gasteiger partial charge in [0.1, 0.15) is 18.4 Å². The van der Waals surface area contributed by atoms with Gasteiger partial charge in [-0.25, -0.2) is 0 Å². The highest BCUT2D eigenvalue weighted by atomic mass is 16.5. The number of ether oxygens (including phenoxy) is 1. The van der Waals surface area contributed by atoms with E-state index in [1.807, 2.05) is 51.6 Å². The fourth-order valence-electron chi connectivity index (χ4n) is 2.23. The summed E-state index contributed by atoms with van der Waals surface area (Å²) in [5.41, 5.74) is 1.55. The molecule has 0 aliphatic carbocycles. The van der Waals surface area contributed by atoms with Gasteiger partial charge in [-0.05, 0) is 45.4 Å². The number of carbonyl (C=O) groups excluding carboxylic acids is 1. The zero-order valence-corrected chi connectivity index (χ0v) is 14.6. The van der Waals surface area contributed by atoms with Gasteiger partial charge in [0, 0.05) is 31.0 Å². The molecule has 24 heavy (non-hydrogen) atoms. The first kappa shape index (κ1) is 18.0. The lowest BCUT2D eigenvalue weighted by atomic mass is 10.1. The van der Waals surface area contributed by atoms with Gasteiger partial charge >= 0.3 is 0 Å². The Balaban J connectivity index is 1.93. The van der Waals surface area contributed by atoms with Crippen molar-refractivity contribution in [1.29, 1.82) is 0 Å². The molecular formula is C17H25N5O2. The highest BCUT2D eigenvalue weighted by Gasteiger charge is 2.20. The number of likely N-dealkylation sites (N-methyl/N-ethyl adjacent to an activating group) is 2. The van der Waals surface area contributed by atoms with Gasteiger partial charge in [-0.2, -0.15) is 5.10 Å². The van der Waals surface area contributed by atoms with Crippen molar-refractivity contribution >= 4 is 11.6 Å². The number of nitrogens with zero attached hydrogens (tertiary/aromatic N) is 3. The van der Waals surface area contributed by atoms with E-state index in [4.69, 9.17) is 4.74 Å². The number of rotatable bonds is 8. The molecule has 2 aromatic rings. The second-order valence-corrected chi connectivity index (χ2v) is 5.83. The average Bonchev–Trinajstić information content (AvgIpc) is 2.95. The molecule has 0 fully saturated rings. The van der Waals surface area contributed by atoms with E-state index in [9.17, 15) is 4.79 Å². The Labute approximate surface area is 142 Å². The predicted molar refractivity (Wildman–Crippen MR) is 94.1 cm³/mol. The second kappa shape index (κ2) is 8.47. The highest BCUT2D eigenvalue weighted by Crippen LogP contribution is 2.18. The Bertz CT molecular complexity index is 651. The largest absolute Gasteiger partial charge is 0.492 e. The first-order valence-corrected chi connectivity index (χ1v) is 7.84. The molecular weight excluding hydrogens is 306 g/mol. The van der Waals surface area contributed by atoms with Crippen molar-refractivity contribution in [3.8, 4) is 5.75 Å². The molecule has 1 unspecified atom stereocenters. The summed E-state index contributed by atoms with van der Waals surface area (Å²) in [6.45, 7) is 1.48. The number of hydrogen-bond acceptors (Lipinski definition) is 5. The van der Waals surface area contributed by atoms with Gasteiger partial charge < -0.3 is 20.3 Å². The van der Waals surface area contributed by atoms with Crippen LogP contribution in [0.2, 0.25) is 0 Å². The minimum Gasteiger partial charge on any atom is -0.492 e. The number of amides is 1. The third-order valence-electron chi connectivity index (χ3n) is 3.54. The van der Waals surface area contributed by atoms with Crippen LogP contribution < -0.4 is 15.4 Å². The zero-order valence-electron chi connectivity index (χ0n) is 14.6. The average molecular weight is 331 g/mol. The number of hydrogen-bond donors (Lipinski definition) is 2. The van der Waals surface area contributed by atoms with Gasteiger partial charge in [-0.3, -0.25) is 9.48 Å². The van der Waals surface area contributed by atoms with Gasteiger partial charge in [0.15, 0.2) is 0 Å². The van der Waals surface area contributed by atoms with Crippen LogP contribution in [0.15, 0.2) is 36.7 Å². The molecule has 1 aromatic heterocycles. The lowest BCUT2D eigenvalue weighted by molar-refractivity contribution is -0.118. The van der Waals surface area contributed by atoms with E-state index in [2.05, 4.69) is 20.6 Å². The predicted octanol–water partition coefficient (Wildman–Crippen LogP) is 1.26. The molecule has 1 atom stereocenters. The first-order valence-electron chi connectivity index (χ1n) is 7.84. The Kier molecular flexibility index (Phi) is 6.34. The molecule has 130 valence electrons. The van der Waals surface area contributed by atoms with Crippen LogP contribution in [0.1, 0.15) is 11.6 Å². The van der Waals surface area contributed by atoms with E-state index in [0.29, 0.717) is 6.61 Å². The maximum Gasteiger partial charge on any atom is 0.246 e. The lowest BCUT2D eigenvalue weighted by Crippen LogP contribution is -2.30. The second-order valence-electron chi connectivity index (χ2n) is 5.83. The van der Waals surface area contributed by atoms with Crippen LogP contribution in [-0.2, 0) is 11.8 Å². The molecule has 0 aliphatic heterocycles. The fraction of sp³-hybridized carbons (Fsp3) is 0.412. The topological polar surface area (TPSA) is 71.4 Å². The monoisotopic (exact) mass is 331 g/mol. The van der Waals surface area contributed by atoms with Crippen LogP contribution in [0, 0.1) is 0 Å². The molecule has 7 heteroatoms. The molecule has 1 amide bonds. The Morgan fingerprint density at radius 2 is 2.04 bits per heavy atom. The summed E-state index contributed by atoms with van der Waals surface area (Å²) in [7, 11) is 7.58. The fourth-order valence-corrected chi connectivity index (χ4v) is 2.23. The summed E-state index contributed by atoms with van der Waals surface area (Å²) < 4.78 is 7.31. The molecule has 0 saturated carbocycles. The van der Waals surface area contributed by atoms with Crippen molar-refractivity contribution in [2.45, 2.75) is 6.04 Å². The Morgan fingerprint density at radius 1 is 1.33 bits per heavy atom. The van der Waals surface area contributed by atoms with Crippen LogP contribution in [0.5, 0.6) is 5.75 Å². The van der Waals surface area contributed by atoms with Crippen LogP contribution in [0.25, 0.3) is 0 Å². The quantitative estimate of drug-likeness (QED) is 0.762. The van der Waals surface area contributed by atoms with Gasteiger partial charge in [0.05, 0.1) is 6.20 Å². The van der Waals surface area contributed by atoms with E-state index in [1.165, 1.54) is 0 Å². The molecule has 0 spiro atoms. The van der Waals surface area contributed by atoms with E-state index >= 15 is 0 Å². The third-order valence-corrected chi connectivity index (χ3v) is 3.54. The molecule has 1 aromatic carbocycles. The number of aryl methyl sites for hydroxylation is 1. The molecule has 2 N–H and O–H groups in total. The SMILES string of the molecule is CNC(C(=O)Nc1ccc(OCCN(C)C)cc1)c1cnn(C)c1. The Morgan fingerprint density at radius 3 is 2.58 bits per heavy atom. The molecule has 7 nitrogen and oxygen atoms in total. The number of benzene rings is 1. The van der Waals surface area contributed by atoms with Crippen LogP contribution in [-0.4, -0.2) is 54.9 Å². The maximum atomic E-state index is 12.4. The Hall–Kier alpha value is -2.38. The van der Waals surface area contributed by atoms with Crippen molar-refractivity contribution in [3.05, 3.63) is 42.2 Å². The number of aromatic nitrogens is 2. The van der Waals surface area contributed by atoms with E-state index in [0.717, 1.165) is 23.5 Å². The molecule has 1 heterocycles.